The van der Waals surface area contributed by atoms with Crippen LogP contribution in [-0.2, 0) is 13.1 Å². The zero-order chi connectivity index (χ0) is 13.9. The Morgan fingerprint density at radius 1 is 1.45 bits per heavy atom. The minimum absolute atomic E-state index is 0.463. The highest BCUT2D eigenvalue weighted by Gasteiger charge is 2.22. The van der Waals surface area contributed by atoms with Crippen LogP contribution in [0.3, 0.4) is 0 Å². The molecule has 0 aliphatic carbocycles. The van der Waals surface area contributed by atoms with Crippen LogP contribution in [0.4, 0.5) is 0 Å². The summed E-state index contributed by atoms with van der Waals surface area (Å²) < 4.78 is 16.4. The summed E-state index contributed by atoms with van der Waals surface area (Å²) in [5.41, 5.74) is 1.54. The van der Waals surface area contributed by atoms with Gasteiger partial charge in [-0.25, -0.2) is 0 Å². The fraction of sp³-hybridized carbons (Fsp3) is 0.267. The molecule has 5 heteroatoms. The minimum atomic E-state index is 0.463. The van der Waals surface area contributed by atoms with Gasteiger partial charge < -0.3 is 13.9 Å². The molecule has 104 valence electrons. The fourth-order valence-electron chi connectivity index (χ4n) is 2.35. The molecule has 0 spiro atoms. The van der Waals surface area contributed by atoms with E-state index in [0.717, 1.165) is 17.6 Å². The molecule has 0 radical (unpaired) electrons. The average Bonchev–Trinajstić information content (AvgIpc) is 2.98. The number of furan rings is 1. The van der Waals surface area contributed by atoms with Gasteiger partial charge in [-0.2, -0.15) is 0 Å². The molecule has 1 aliphatic rings. The maximum atomic E-state index is 11.0. The average molecular weight is 273 g/mol. The molecule has 3 rings (SSSR count). The number of hydrogen-bond acceptors (Lipinski definition) is 5. The predicted octanol–water partition coefficient (Wildman–Crippen LogP) is 2.45. The van der Waals surface area contributed by atoms with Crippen molar-refractivity contribution in [2.45, 2.75) is 13.1 Å². The van der Waals surface area contributed by atoms with E-state index in [9.17, 15) is 4.79 Å². The molecule has 1 aromatic heterocycles. The second-order valence-electron chi connectivity index (χ2n) is 4.67. The summed E-state index contributed by atoms with van der Waals surface area (Å²) >= 11 is 0. The Morgan fingerprint density at radius 3 is 3.05 bits per heavy atom. The van der Waals surface area contributed by atoms with Crippen molar-refractivity contribution in [3.63, 3.8) is 0 Å². The van der Waals surface area contributed by atoms with Crippen molar-refractivity contribution in [1.29, 1.82) is 0 Å². The third-order valence-electron chi connectivity index (χ3n) is 3.26. The van der Waals surface area contributed by atoms with Gasteiger partial charge in [-0.15, -0.1) is 0 Å². The van der Waals surface area contributed by atoms with E-state index in [-0.39, 0.29) is 0 Å². The SMILES string of the molecule is COc1cc(C=O)cc2c1OCN(Cc1ccco1)C2. The van der Waals surface area contributed by atoms with Gasteiger partial charge in [0, 0.05) is 17.7 Å². The second kappa shape index (κ2) is 5.38. The van der Waals surface area contributed by atoms with Crippen LogP contribution in [0.15, 0.2) is 34.9 Å². The topological polar surface area (TPSA) is 51.9 Å². The third kappa shape index (κ3) is 2.40. The van der Waals surface area contributed by atoms with Crippen molar-refractivity contribution in [2.24, 2.45) is 0 Å². The van der Waals surface area contributed by atoms with Crippen molar-refractivity contribution in [1.82, 2.24) is 4.90 Å². The molecular weight excluding hydrogens is 258 g/mol. The molecule has 2 heterocycles. The van der Waals surface area contributed by atoms with Crippen LogP contribution in [0.25, 0.3) is 0 Å². The van der Waals surface area contributed by atoms with Gasteiger partial charge >= 0.3 is 0 Å². The molecule has 0 amide bonds. The van der Waals surface area contributed by atoms with Crippen molar-refractivity contribution < 1.29 is 18.7 Å². The maximum Gasteiger partial charge on any atom is 0.167 e. The van der Waals surface area contributed by atoms with E-state index in [1.807, 2.05) is 18.2 Å². The number of rotatable bonds is 4. The van der Waals surface area contributed by atoms with Crippen LogP contribution in [0.5, 0.6) is 11.5 Å². The standard InChI is InChI=1S/C15H15NO4/c1-18-14-6-11(9-17)5-12-7-16(10-20-15(12)14)8-13-3-2-4-19-13/h2-6,9H,7-8,10H2,1H3. The molecular formula is C15H15NO4. The van der Waals surface area contributed by atoms with Gasteiger partial charge in [0.15, 0.2) is 11.5 Å². The van der Waals surface area contributed by atoms with E-state index < -0.39 is 0 Å². The first-order chi connectivity index (χ1) is 9.80. The molecule has 0 bridgehead atoms. The second-order valence-corrected chi connectivity index (χ2v) is 4.67. The van der Waals surface area contributed by atoms with E-state index in [1.54, 1.807) is 19.4 Å². The van der Waals surface area contributed by atoms with Crippen molar-refractivity contribution >= 4 is 6.29 Å². The molecule has 1 aromatic carbocycles. The predicted molar refractivity (Wildman–Crippen MR) is 71.8 cm³/mol. The lowest BCUT2D eigenvalue weighted by atomic mass is 10.1. The highest BCUT2D eigenvalue weighted by atomic mass is 16.5. The number of carbonyl (C=O) groups is 1. The van der Waals surface area contributed by atoms with Gasteiger partial charge in [0.1, 0.15) is 18.8 Å². The Hall–Kier alpha value is -2.27. The summed E-state index contributed by atoms with van der Waals surface area (Å²) in [7, 11) is 1.57. The van der Waals surface area contributed by atoms with E-state index >= 15 is 0 Å². The number of ether oxygens (including phenoxy) is 2. The number of methoxy groups -OCH3 is 1. The van der Waals surface area contributed by atoms with Crippen LogP contribution in [0.1, 0.15) is 21.7 Å². The zero-order valence-electron chi connectivity index (χ0n) is 11.2. The molecule has 0 unspecified atom stereocenters. The number of fused-ring (bicyclic) bond motifs is 1. The summed E-state index contributed by atoms with van der Waals surface area (Å²) in [6, 6.07) is 7.31. The van der Waals surface area contributed by atoms with E-state index in [4.69, 9.17) is 13.9 Å². The van der Waals surface area contributed by atoms with Gasteiger partial charge in [0.05, 0.1) is 19.9 Å². The lowest BCUT2D eigenvalue weighted by Crippen LogP contribution is -2.31. The number of nitrogens with zero attached hydrogens (tertiary/aromatic N) is 1. The van der Waals surface area contributed by atoms with Gasteiger partial charge in [0.25, 0.3) is 0 Å². The van der Waals surface area contributed by atoms with E-state index in [2.05, 4.69) is 4.90 Å². The largest absolute Gasteiger partial charge is 0.493 e. The van der Waals surface area contributed by atoms with Crippen LogP contribution in [-0.4, -0.2) is 25.0 Å². The van der Waals surface area contributed by atoms with Gasteiger partial charge in [-0.1, -0.05) is 0 Å². The Labute approximate surface area is 116 Å². The summed E-state index contributed by atoms with van der Waals surface area (Å²) in [6.45, 7) is 1.82. The molecule has 0 atom stereocenters. The summed E-state index contributed by atoms with van der Waals surface area (Å²) in [6.07, 6.45) is 2.47. The van der Waals surface area contributed by atoms with Crippen LogP contribution in [0.2, 0.25) is 0 Å². The van der Waals surface area contributed by atoms with Crippen LogP contribution in [0, 0.1) is 0 Å². The van der Waals surface area contributed by atoms with Gasteiger partial charge in [-0.05, 0) is 24.3 Å². The molecule has 5 nitrogen and oxygen atoms in total. The van der Waals surface area contributed by atoms with Gasteiger partial charge in [0.2, 0.25) is 0 Å². The molecule has 0 N–H and O–H groups in total. The minimum Gasteiger partial charge on any atom is -0.493 e. The normalized spacial score (nSPS) is 14.4. The smallest absolute Gasteiger partial charge is 0.167 e. The van der Waals surface area contributed by atoms with Crippen LogP contribution >= 0.6 is 0 Å². The number of benzene rings is 1. The maximum absolute atomic E-state index is 11.0. The lowest BCUT2D eigenvalue weighted by molar-refractivity contribution is 0.0792. The lowest BCUT2D eigenvalue weighted by Gasteiger charge is -2.29. The summed E-state index contributed by atoms with van der Waals surface area (Å²) in [4.78, 5) is 13.1. The first kappa shape index (κ1) is 12.7. The Morgan fingerprint density at radius 2 is 2.35 bits per heavy atom. The number of aldehydes is 1. The first-order valence-electron chi connectivity index (χ1n) is 6.34. The molecule has 1 aliphatic heterocycles. The molecule has 20 heavy (non-hydrogen) atoms. The summed E-state index contributed by atoms with van der Waals surface area (Å²) in [5.74, 6) is 2.20. The van der Waals surface area contributed by atoms with Crippen molar-refractivity contribution in [3.8, 4) is 11.5 Å². The quantitative estimate of drug-likeness (QED) is 0.801. The summed E-state index contributed by atoms with van der Waals surface area (Å²) in [5, 5.41) is 0. The van der Waals surface area contributed by atoms with E-state index in [0.29, 0.717) is 36.9 Å². The Kier molecular flexibility index (Phi) is 3.43. The Balaban J connectivity index is 1.84. The van der Waals surface area contributed by atoms with E-state index in [1.165, 1.54) is 0 Å². The number of carbonyl (C=O) groups excluding carboxylic acids is 1. The molecule has 2 aromatic rings. The monoisotopic (exact) mass is 273 g/mol. The Bertz CT molecular complexity index is 607. The molecule has 0 saturated carbocycles. The van der Waals surface area contributed by atoms with Crippen molar-refractivity contribution in [2.75, 3.05) is 13.8 Å². The number of hydrogen-bond donors (Lipinski definition) is 0. The fourth-order valence-corrected chi connectivity index (χ4v) is 2.35. The van der Waals surface area contributed by atoms with Gasteiger partial charge in [-0.3, -0.25) is 9.69 Å². The highest BCUT2D eigenvalue weighted by Crippen LogP contribution is 2.36. The molecule has 0 saturated heterocycles. The van der Waals surface area contributed by atoms with Crippen molar-refractivity contribution in [3.05, 3.63) is 47.4 Å². The van der Waals surface area contributed by atoms with Crippen LogP contribution < -0.4 is 9.47 Å². The zero-order valence-corrected chi connectivity index (χ0v) is 11.2. The highest BCUT2D eigenvalue weighted by molar-refractivity contribution is 5.77. The first-order valence-corrected chi connectivity index (χ1v) is 6.34. The third-order valence-corrected chi connectivity index (χ3v) is 3.26. The molecule has 0 fully saturated rings.